The van der Waals surface area contributed by atoms with E-state index in [2.05, 4.69) is 49.7 Å². The van der Waals surface area contributed by atoms with E-state index in [1.54, 1.807) is 7.05 Å². The molecule has 0 saturated carbocycles. The van der Waals surface area contributed by atoms with E-state index in [9.17, 15) is 13.2 Å². The van der Waals surface area contributed by atoms with Gasteiger partial charge >= 0.3 is 6.18 Å². The van der Waals surface area contributed by atoms with Crippen LogP contribution in [0, 0.1) is 0 Å². The summed E-state index contributed by atoms with van der Waals surface area (Å²) in [4.78, 5) is 8.85. The molecule has 0 aromatic heterocycles. The summed E-state index contributed by atoms with van der Waals surface area (Å²) >= 11 is 0. The first-order chi connectivity index (χ1) is 13.0. The maximum atomic E-state index is 12.2. The smallest absolute Gasteiger partial charge is 0.356 e. The highest BCUT2D eigenvalue weighted by molar-refractivity contribution is 14.0. The Kier molecular flexibility index (Phi) is 11.8. The molecule has 0 unspecified atom stereocenters. The van der Waals surface area contributed by atoms with Crippen LogP contribution in [0.5, 0.6) is 0 Å². The zero-order valence-corrected chi connectivity index (χ0v) is 18.7. The Labute approximate surface area is 182 Å². The molecule has 0 atom stereocenters. The van der Waals surface area contributed by atoms with Crippen LogP contribution in [0.3, 0.4) is 0 Å². The molecule has 2 rings (SSSR count). The topological polar surface area (TPSA) is 42.9 Å². The number of rotatable bonds is 8. The summed E-state index contributed by atoms with van der Waals surface area (Å²) in [7, 11) is 1.56. The number of hydrogen-bond donors (Lipinski definition) is 2. The molecule has 5 nitrogen and oxygen atoms in total. The Hall–Kier alpha value is -1.07. The molecule has 0 radical (unpaired) electrons. The van der Waals surface area contributed by atoms with E-state index in [1.807, 2.05) is 6.07 Å². The van der Waals surface area contributed by atoms with E-state index in [-0.39, 0.29) is 30.5 Å². The van der Waals surface area contributed by atoms with Gasteiger partial charge in [0.2, 0.25) is 0 Å². The lowest BCUT2D eigenvalue weighted by molar-refractivity contribution is -0.132. The normalized spacial score (nSPS) is 16.5. The lowest BCUT2D eigenvalue weighted by Crippen LogP contribution is -2.46. The monoisotopic (exact) mass is 513 g/mol. The summed E-state index contributed by atoms with van der Waals surface area (Å²) in [5.74, 6) is 0.423. The Morgan fingerprint density at radius 3 is 2.21 bits per heavy atom. The fourth-order valence-corrected chi connectivity index (χ4v) is 3.07. The van der Waals surface area contributed by atoms with Gasteiger partial charge in [-0.3, -0.25) is 9.89 Å². The second kappa shape index (κ2) is 13.2. The number of nitrogens with one attached hydrogen (secondary N) is 2. The van der Waals surface area contributed by atoms with Crippen LogP contribution in [0.2, 0.25) is 0 Å². The average Bonchev–Trinajstić information content (AvgIpc) is 2.65. The molecule has 160 valence electrons. The SMILES string of the molecule is CN=C(NCCCN1CCN(Cc2ccccc2)CC1)NCCC(F)(F)F.I. The van der Waals surface area contributed by atoms with Gasteiger partial charge in [0.25, 0.3) is 0 Å². The number of benzene rings is 1. The minimum atomic E-state index is -4.14. The molecule has 1 aliphatic heterocycles. The number of hydrogen-bond acceptors (Lipinski definition) is 3. The molecule has 1 fully saturated rings. The van der Waals surface area contributed by atoms with Crippen molar-refractivity contribution in [3.05, 3.63) is 35.9 Å². The first-order valence-electron chi connectivity index (χ1n) is 9.46. The third kappa shape index (κ3) is 10.5. The van der Waals surface area contributed by atoms with E-state index in [4.69, 9.17) is 0 Å². The van der Waals surface area contributed by atoms with E-state index in [1.165, 1.54) is 5.56 Å². The van der Waals surface area contributed by atoms with Crippen molar-refractivity contribution in [1.29, 1.82) is 0 Å². The van der Waals surface area contributed by atoms with E-state index >= 15 is 0 Å². The van der Waals surface area contributed by atoms with Crippen molar-refractivity contribution in [2.45, 2.75) is 25.6 Å². The van der Waals surface area contributed by atoms with Gasteiger partial charge < -0.3 is 15.5 Å². The number of halogens is 4. The molecule has 2 N–H and O–H groups in total. The number of nitrogens with zero attached hydrogens (tertiary/aromatic N) is 3. The molecule has 0 bridgehead atoms. The van der Waals surface area contributed by atoms with E-state index in [0.717, 1.165) is 45.7 Å². The van der Waals surface area contributed by atoms with Crippen LogP contribution >= 0.6 is 24.0 Å². The van der Waals surface area contributed by atoms with Gasteiger partial charge in [-0.25, -0.2) is 0 Å². The van der Waals surface area contributed by atoms with E-state index in [0.29, 0.717) is 12.5 Å². The van der Waals surface area contributed by atoms with Crippen molar-refractivity contribution in [3.8, 4) is 0 Å². The number of aliphatic imine (C=N–C) groups is 1. The van der Waals surface area contributed by atoms with Crippen LogP contribution in [0.4, 0.5) is 13.2 Å². The third-order valence-electron chi connectivity index (χ3n) is 4.58. The van der Waals surface area contributed by atoms with Crippen molar-refractivity contribution >= 4 is 29.9 Å². The molecule has 0 amide bonds. The van der Waals surface area contributed by atoms with Gasteiger partial charge in [0, 0.05) is 52.9 Å². The number of piperazine rings is 1. The Balaban J connectivity index is 0.00000392. The van der Waals surface area contributed by atoms with Crippen molar-refractivity contribution < 1.29 is 13.2 Å². The predicted molar refractivity (Wildman–Crippen MR) is 118 cm³/mol. The summed E-state index contributed by atoms with van der Waals surface area (Å²) in [6, 6.07) is 10.5. The van der Waals surface area contributed by atoms with Gasteiger partial charge in [0.15, 0.2) is 5.96 Å². The lowest BCUT2D eigenvalue weighted by Gasteiger charge is -2.34. The Morgan fingerprint density at radius 1 is 1.00 bits per heavy atom. The molecule has 1 heterocycles. The van der Waals surface area contributed by atoms with Crippen LogP contribution in [-0.2, 0) is 6.54 Å². The maximum Gasteiger partial charge on any atom is 0.390 e. The Bertz CT molecular complexity index is 560. The average molecular weight is 513 g/mol. The van der Waals surface area contributed by atoms with Crippen LogP contribution in [0.15, 0.2) is 35.3 Å². The molecule has 1 aromatic carbocycles. The molecule has 9 heteroatoms. The molecular weight excluding hydrogens is 482 g/mol. The highest BCUT2D eigenvalue weighted by atomic mass is 127. The molecule has 1 aliphatic rings. The summed E-state index contributed by atoms with van der Waals surface area (Å²) in [5.41, 5.74) is 1.35. The van der Waals surface area contributed by atoms with Gasteiger partial charge in [-0.2, -0.15) is 13.2 Å². The fourth-order valence-electron chi connectivity index (χ4n) is 3.07. The van der Waals surface area contributed by atoms with Gasteiger partial charge in [-0.15, -0.1) is 24.0 Å². The van der Waals surface area contributed by atoms with Crippen LogP contribution in [-0.4, -0.2) is 74.8 Å². The largest absolute Gasteiger partial charge is 0.390 e. The number of alkyl halides is 3. The minimum absolute atomic E-state index is 0. The number of guanidine groups is 1. The quantitative estimate of drug-likeness (QED) is 0.243. The first-order valence-corrected chi connectivity index (χ1v) is 9.46. The summed E-state index contributed by atoms with van der Waals surface area (Å²) in [5, 5.41) is 5.76. The second-order valence-electron chi connectivity index (χ2n) is 6.75. The van der Waals surface area contributed by atoms with Crippen LogP contribution in [0.25, 0.3) is 0 Å². The second-order valence-corrected chi connectivity index (χ2v) is 6.75. The van der Waals surface area contributed by atoms with Crippen molar-refractivity contribution in [1.82, 2.24) is 20.4 Å². The summed E-state index contributed by atoms with van der Waals surface area (Å²) in [6.45, 7) is 6.72. The van der Waals surface area contributed by atoms with Crippen molar-refractivity contribution in [2.24, 2.45) is 4.99 Å². The summed E-state index contributed by atoms with van der Waals surface area (Å²) in [6.07, 6.45) is -4.08. The van der Waals surface area contributed by atoms with Gasteiger partial charge in [-0.1, -0.05) is 30.3 Å². The molecule has 0 spiro atoms. The van der Waals surface area contributed by atoms with Crippen molar-refractivity contribution in [3.63, 3.8) is 0 Å². The highest BCUT2D eigenvalue weighted by Crippen LogP contribution is 2.18. The van der Waals surface area contributed by atoms with Gasteiger partial charge in [-0.05, 0) is 18.5 Å². The lowest BCUT2D eigenvalue weighted by atomic mass is 10.2. The van der Waals surface area contributed by atoms with Crippen LogP contribution in [0.1, 0.15) is 18.4 Å². The predicted octanol–water partition coefficient (Wildman–Crippen LogP) is 2.93. The van der Waals surface area contributed by atoms with Gasteiger partial charge in [0.05, 0.1) is 6.42 Å². The third-order valence-corrected chi connectivity index (χ3v) is 4.58. The van der Waals surface area contributed by atoms with E-state index < -0.39 is 12.6 Å². The molecule has 0 aliphatic carbocycles. The van der Waals surface area contributed by atoms with Gasteiger partial charge in [0.1, 0.15) is 0 Å². The zero-order valence-electron chi connectivity index (χ0n) is 16.3. The highest BCUT2D eigenvalue weighted by Gasteiger charge is 2.26. The standard InChI is InChI=1S/C19H30F3N5.HI/c1-23-18(25-10-8-19(20,21)22)24-9-5-11-26-12-14-27(15-13-26)16-17-6-3-2-4-7-17;/h2-4,6-7H,5,8-16H2,1H3,(H2,23,24,25);1H. The van der Waals surface area contributed by atoms with Crippen molar-refractivity contribution in [2.75, 3.05) is 52.9 Å². The molecular formula is C19H31F3IN5. The molecule has 1 aromatic rings. The Morgan fingerprint density at radius 2 is 1.61 bits per heavy atom. The zero-order chi connectivity index (χ0) is 19.5. The first kappa shape index (κ1) is 25.0. The molecule has 28 heavy (non-hydrogen) atoms. The minimum Gasteiger partial charge on any atom is -0.356 e. The maximum absolute atomic E-state index is 12.2. The fraction of sp³-hybridized carbons (Fsp3) is 0.632. The molecule has 1 saturated heterocycles. The van der Waals surface area contributed by atoms with Crippen LogP contribution < -0.4 is 10.6 Å². The summed E-state index contributed by atoms with van der Waals surface area (Å²) < 4.78 is 36.5.